The maximum absolute atomic E-state index is 2.54. The summed E-state index contributed by atoms with van der Waals surface area (Å²) in [5.74, 6) is 0. The molecule has 0 fully saturated rings. The van der Waals surface area contributed by atoms with Crippen molar-refractivity contribution in [3.05, 3.63) is 182 Å². The zero-order chi connectivity index (χ0) is 37.1. The number of hydrogen-bond donors (Lipinski definition) is 0. The average Bonchev–Trinajstić information content (AvgIpc) is 3.72. The first kappa shape index (κ1) is 32.1. The SMILES string of the molecule is Cp1c2ccccc2c2cccc(-c3cccc4c(-c5cc6ccccc6c6ccccc56)c5cccc(-c6cccc7c8ccccc8p(C)c67)c5cc34)c21. The van der Waals surface area contributed by atoms with Gasteiger partial charge in [-0.3, -0.25) is 0 Å². The van der Waals surface area contributed by atoms with E-state index in [1.54, 1.807) is 0 Å². The van der Waals surface area contributed by atoms with Gasteiger partial charge in [0.1, 0.15) is 0 Å². The first-order valence-electron chi connectivity index (χ1n) is 19.5. The predicted octanol–water partition coefficient (Wildman–Crippen LogP) is 17.0. The van der Waals surface area contributed by atoms with Gasteiger partial charge < -0.3 is 0 Å². The third-order valence-corrected chi connectivity index (χ3v) is 17.0. The summed E-state index contributed by atoms with van der Waals surface area (Å²) in [5.41, 5.74) is 7.94. The van der Waals surface area contributed by atoms with Crippen molar-refractivity contribution >= 4 is 100 Å². The lowest BCUT2D eigenvalue weighted by molar-refractivity contribution is 1.69. The number of aryl methyl sites for hydroxylation is 2. The van der Waals surface area contributed by atoms with Crippen molar-refractivity contribution in [1.29, 1.82) is 0 Å². The van der Waals surface area contributed by atoms with Gasteiger partial charge in [0, 0.05) is 20.5 Å². The van der Waals surface area contributed by atoms with Gasteiger partial charge in [-0.1, -0.05) is 170 Å². The highest BCUT2D eigenvalue weighted by molar-refractivity contribution is 7.60. The first-order valence-corrected chi connectivity index (χ1v) is 23.1. The van der Waals surface area contributed by atoms with Gasteiger partial charge in [0.15, 0.2) is 0 Å². The molecule has 2 unspecified atom stereocenters. The molecular weight excluding hydrogens is 711 g/mol. The molecule has 0 radical (unpaired) electrons. The van der Waals surface area contributed by atoms with Crippen LogP contribution in [0.5, 0.6) is 0 Å². The lowest BCUT2D eigenvalue weighted by Crippen LogP contribution is -1.92. The summed E-state index contributed by atoms with van der Waals surface area (Å²) in [6.07, 6.45) is 0. The van der Waals surface area contributed by atoms with E-state index < -0.39 is 15.1 Å². The Balaban J connectivity index is 1.27. The van der Waals surface area contributed by atoms with Gasteiger partial charge >= 0.3 is 0 Å². The lowest BCUT2D eigenvalue weighted by Gasteiger charge is -2.20. The molecule has 56 heavy (non-hydrogen) atoms. The van der Waals surface area contributed by atoms with Crippen LogP contribution in [0.4, 0.5) is 0 Å². The number of rotatable bonds is 3. The Bertz CT molecular complexity index is 3440. The average molecular weight is 747 g/mol. The smallest absolute Gasteiger partial charge is 0.00996 e. The first-order chi connectivity index (χ1) is 27.7. The molecule has 12 aromatic rings. The molecule has 2 atom stereocenters. The highest BCUT2D eigenvalue weighted by Crippen LogP contribution is 2.55. The molecule has 10 aromatic carbocycles. The molecule has 262 valence electrons. The van der Waals surface area contributed by atoms with Crippen molar-refractivity contribution < 1.29 is 0 Å². The standard InChI is InChI=1S/C54H36P2/c1-55-50-29-9-7-19-39(50)45-27-13-25-43(53(45)55)37-21-11-23-41-47(37)32-48-38(44-26-14-28-46-40-20-8-10-30-51(40)56(2)54(44)46)22-12-24-42(48)52(41)49-31-33-15-3-4-16-34(33)35-17-5-6-18-36(35)49/h3-32H,1-2H3. The van der Waals surface area contributed by atoms with Gasteiger partial charge in [-0.25, -0.2) is 0 Å². The largest absolute Gasteiger partial charge is 0.111 e. The highest BCUT2D eigenvalue weighted by atomic mass is 31.1. The fraction of sp³-hybridized carbons (Fsp3) is 0.0370. The van der Waals surface area contributed by atoms with E-state index in [4.69, 9.17) is 0 Å². The fourth-order valence-electron chi connectivity index (χ4n) is 10.1. The van der Waals surface area contributed by atoms with E-state index in [-0.39, 0.29) is 0 Å². The van der Waals surface area contributed by atoms with Crippen LogP contribution in [0.2, 0.25) is 0 Å². The minimum atomic E-state index is -0.497. The molecule has 0 saturated carbocycles. The zero-order valence-corrected chi connectivity index (χ0v) is 33.0. The van der Waals surface area contributed by atoms with Crippen molar-refractivity contribution in [3.8, 4) is 33.4 Å². The van der Waals surface area contributed by atoms with Crippen LogP contribution < -0.4 is 0 Å². The van der Waals surface area contributed by atoms with Crippen LogP contribution >= 0.6 is 15.1 Å². The molecule has 0 nitrogen and oxygen atoms in total. The summed E-state index contributed by atoms with van der Waals surface area (Å²) in [6, 6.07) is 69.1. The third kappa shape index (κ3) is 4.43. The Morgan fingerprint density at radius 3 is 1.23 bits per heavy atom. The maximum Gasteiger partial charge on any atom is 0.00996 e. The summed E-state index contributed by atoms with van der Waals surface area (Å²) in [5, 5.41) is 21.9. The van der Waals surface area contributed by atoms with Gasteiger partial charge in [0.05, 0.1) is 0 Å². The van der Waals surface area contributed by atoms with Crippen LogP contribution in [0.15, 0.2) is 182 Å². The quantitative estimate of drug-likeness (QED) is 0.125. The van der Waals surface area contributed by atoms with Crippen molar-refractivity contribution in [2.24, 2.45) is 13.3 Å². The summed E-state index contributed by atoms with van der Waals surface area (Å²) in [4.78, 5) is 0. The minimum absolute atomic E-state index is 0.497. The topological polar surface area (TPSA) is 0 Å². The number of hydrogen-bond acceptors (Lipinski definition) is 0. The fourth-order valence-corrected chi connectivity index (χ4v) is 14.5. The second-order valence-electron chi connectivity index (χ2n) is 15.3. The Morgan fingerprint density at radius 1 is 0.268 bits per heavy atom. The van der Waals surface area contributed by atoms with E-state index in [2.05, 4.69) is 195 Å². The summed E-state index contributed by atoms with van der Waals surface area (Å²) >= 11 is 0. The third-order valence-electron chi connectivity index (χ3n) is 12.5. The Labute approximate surface area is 327 Å². The van der Waals surface area contributed by atoms with Crippen molar-refractivity contribution in [2.45, 2.75) is 0 Å². The predicted molar refractivity (Wildman–Crippen MR) is 250 cm³/mol. The minimum Gasteiger partial charge on any atom is -0.111 e. The normalized spacial score (nSPS) is 12.8. The second kappa shape index (κ2) is 12.2. The van der Waals surface area contributed by atoms with Crippen LogP contribution in [0.25, 0.3) is 118 Å². The molecule has 0 aliphatic rings. The molecule has 2 aromatic heterocycles. The molecule has 0 spiro atoms. The van der Waals surface area contributed by atoms with E-state index in [0.29, 0.717) is 0 Å². The van der Waals surface area contributed by atoms with E-state index in [0.717, 1.165) is 0 Å². The maximum atomic E-state index is 2.54. The van der Waals surface area contributed by atoms with Gasteiger partial charge in [-0.05, 0) is 123 Å². The van der Waals surface area contributed by atoms with Gasteiger partial charge in [-0.2, -0.15) is 0 Å². The van der Waals surface area contributed by atoms with Crippen LogP contribution in [-0.4, -0.2) is 0 Å². The van der Waals surface area contributed by atoms with Crippen LogP contribution in [-0.2, 0) is 13.3 Å². The number of fused-ring (bicyclic) bond motifs is 11. The van der Waals surface area contributed by atoms with Crippen LogP contribution in [0.1, 0.15) is 0 Å². The zero-order valence-electron chi connectivity index (χ0n) is 31.2. The summed E-state index contributed by atoms with van der Waals surface area (Å²) in [7, 11) is -0.995. The molecule has 2 heteroatoms. The molecule has 0 amide bonds. The van der Waals surface area contributed by atoms with Gasteiger partial charge in [0.25, 0.3) is 0 Å². The molecule has 2 heterocycles. The summed E-state index contributed by atoms with van der Waals surface area (Å²) in [6.45, 7) is 4.90. The molecule has 0 bridgehead atoms. The Kier molecular flexibility index (Phi) is 6.98. The monoisotopic (exact) mass is 746 g/mol. The van der Waals surface area contributed by atoms with E-state index in [1.807, 2.05) is 0 Å². The van der Waals surface area contributed by atoms with Crippen LogP contribution in [0.3, 0.4) is 0 Å². The molecule has 0 aliphatic carbocycles. The van der Waals surface area contributed by atoms with Gasteiger partial charge in [-0.15, -0.1) is 15.1 Å². The van der Waals surface area contributed by atoms with Crippen molar-refractivity contribution in [3.63, 3.8) is 0 Å². The van der Waals surface area contributed by atoms with Gasteiger partial charge in [0.2, 0.25) is 0 Å². The highest BCUT2D eigenvalue weighted by Gasteiger charge is 2.22. The Morgan fingerprint density at radius 2 is 0.679 bits per heavy atom. The molecule has 0 saturated heterocycles. The van der Waals surface area contributed by atoms with E-state index in [9.17, 15) is 0 Å². The molecule has 12 rings (SSSR count). The molecular formula is C54H36P2. The van der Waals surface area contributed by atoms with Crippen molar-refractivity contribution in [2.75, 3.05) is 0 Å². The number of benzene rings is 10. The van der Waals surface area contributed by atoms with Crippen LogP contribution in [0, 0.1) is 0 Å². The van der Waals surface area contributed by atoms with E-state index >= 15 is 0 Å². The molecule has 0 N–H and O–H groups in total. The lowest BCUT2D eigenvalue weighted by atomic mass is 9.84. The second-order valence-corrected chi connectivity index (χ2v) is 19.4. The molecule has 0 aliphatic heterocycles. The summed E-state index contributed by atoms with van der Waals surface area (Å²) < 4.78 is 0. The van der Waals surface area contributed by atoms with Crippen molar-refractivity contribution in [1.82, 2.24) is 0 Å². The Hall–Kier alpha value is -6.16. The van der Waals surface area contributed by atoms with E-state index in [1.165, 1.54) is 118 Å².